The molecule has 2 atom stereocenters. The number of nitrogens with zero attached hydrogens (tertiary/aromatic N) is 1. The fraction of sp³-hybridized carbons (Fsp3) is 0.467. The lowest BCUT2D eigenvalue weighted by Crippen LogP contribution is -2.44. The van der Waals surface area contributed by atoms with Crippen LogP contribution in [0.3, 0.4) is 0 Å². The Kier molecular flexibility index (Phi) is 5.63. The number of carbonyl (C=O) groups is 1. The van der Waals surface area contributed by atoms with Crippen LogP contribution in [0.25, 0.3) is 11.5 Å². The van der Waals surface area contributed by atoms with Crippen LogP contribution in [0.1, 0.15) is 36.2 Å². The number of nitrogens with one attached hydrogen (secondary N) is 1. The Morgan fingerprint density at radius 2 is 2.18 bits per heavy atom. The molecule has 6 nitrogen and oxygen atoms in total. The molecule has 0 aliphatic heterocycles. The Balaban J connectivity index is 0.00000176. The SMILES string of the molecule is Cl.NCC1CCCCC1NC(=O)c1cc(-c2ccco2)on1. The van der Waals surface area contributed by atoms with Crippen LogP contribution in [-0.2, 0) is 0 Å². The molecule has 7 heteroatoms. The quantitative estimate of drug-likeness (QED) is 0.901. The molecule has 0 bridgehead atoms. The number of hydrogen-bond donors (Lipinski definition) is 2. The van der Waals surface area contributed by atoms with E-state index in [2.05, 4.69) is 10.5 Å². The first-order chi connectivity index (χ1) is 10.3. The molecule has 2 unspecified atom stereocenters. The number of furan rings is 1. The van der Waals surface area contributed by atoms with E-state index in [0.717, 1.165) is 19.3 Å². The fourth-order valence-electron chi connectivity index (χ4n) is 2.84. The van der Waals surface area contributed by atoms with E-state index in [1.807, 2.05) is 0 Å². The third-order valence-electron chi connectivity index (χ3n) is 4.04. The summed E-state index contributed by atoms with van der Waals surface area (Å²) < 4.78 is 10.4. The highest BCUT2D eigenvalue weighted by atomic mass is 35.5. The number of hydrogen-bond acceptors (Lipinski definition) is 5. The third kappa shape index (κ3) is 3.51. The maximum absolute atomic E-state index is 12.3. The van der Waals surface area contributed by atoms with Gasteiger partial charge >= 0.3 is 0 Å². The highest BCUT2D eigenvalue weighted by Crippen LogP contribution is 2.24. The Bertz CT molecular complexity index is 597. The maximum Gasteiger partial charge on any atom is 0.273 e. The van der Waals surface area contributed by atoms with Gasteiger partial charge in [-0.05, 0) is 37.4 Å². The van der Waals surface area contributed by atoms with Gasteiger partial charge < -0.3 is 20.0 Å². The summed E-state index contributed by atoms with van der Waals surface area (Å²) in [6.07, 6.45) is 5.89. The van der Waals surface area contributed by atoms with Crippen molar-refractivity contribution in [3.8, 4) is 11.5 Å². The third-order valence-corrected chi connectivity index (χ3v) is 4.04. The van der Waals surface area contributed by atoms with Gasteiger partial charge in [0.1, 0.15) is 0 Å². The van der Waals surface area contributed by atoms with Crippen LogP contribution in [0.2, 0.25) is 0 Å². The zero-order valence-electron chi connectivity index (χ0n) is 12.2. The van der Waals surface area contributed by atoms with Gasteiger partial charge in [-0.1, -0.05) is 18.0 Å². The van der Waals surface area contributed by atoms with Gasteiger partial charge in [0.05, 0.1) is 6.26 Å². The Morgan fingerprint density at radius 3 is 2.91 bits per heavy atom. The summed E-state index contributed by atoms with van der Waals surface area (Å²) in [5.41, 5.74) is 6.04. The summed E-state index contributed by atoms with van der Waals surface area (Å²) in [6, 6.07) is 5.23. The first kappa shape index (κ1) is 16.6. The van der Waals surface area contributed by atoms with E-state index in [9.17, 15) is 4.79 Å². The number of rotatable bonds is 4. The second-order valence-corrected chi connectivity index (χ2v) is 5.41. The average molecular weight is 326 g/mol. The van der Waals surface area contributed by atoms with Crippen molar-refractivity contribution in [2.75, 3.05) is 6.54 Å². The van der Waals surface area contributed by atoms with Gasteiger partial charge in [0.15, 0.2) is 11.5 Å². The molecule has 0 radical (unpaired) electrons. The zero-order chi connectivity index (χ0) is 14.7. The molecule has 2 aromatic heterocycles. The second kappa shape index (κ2) is 7.47. The largest absolute Gasteiger partial charge is 0.461 e. The van der Waals surface area contributed by atoms with E-state index in [1.165, 1.54) is 6.42 Å². The first-order valence-corrected chi connectivity index (χ1v) is 7.29. The highest BCUT2D eigenvalue weighted by Gasteiger charge is 2.26. The number of aromatic nitrogens is 1. The molecule has 1 fully saturated rings. The molecule has 1 aliphatic rings. The molecule has 2 aromatic rings. The van der Waals surface area contributed by atoms with Gasteiger partial charge in [0, 0.05) is 12.1 Å². The van der Waals surface area contributed by atoms with E-state index in [1.54, 1.807) is 24.5 Å². The van der Waals surface area contributed by atoms with E-state index >= 15 is 0 Å². The van der Waals surface area contributed by atoms with E-state index in [0.29, 0.717) is 24.0 Å². The standard InChI is InChI=1S/C15H19N3O3.ClH/c16-9-10-4-1-2-5-11(10)17-15(19)12-8-14(21-18-12)13-6-3-7-20-13;/h3,6-8,10-11H,1-2,4-5,9,16H2,(H,17,19);1H. The van der Waals surface area contributed by atoms with Crippen molar-refractivity contribution in [1.29, 1.82) is 0 Å². The van der Waals surface area contributed by atoms with Gasteiger partial charge in [-0.3, -0.25) is 4.79 Å². The predicted molar refractivity (Wildman–Crippen MR) is 83.7 cm³/mol. The molecule has 0 spiro atoms. The molecule has 3 N–H and O–H groups in total. The van der Waals surface area contributed by atoms with Gasteiger partial charge in [-0.2, -0.15) is 0 Å². The molecule has 2 heterocycles. The lowest BCUT2D eigenvalue weighted by Gasteiger charge is -2.30. The molecular formula is C15H20ClN3O3. The minimum atomic E-state index is -0.220. The Morgan fingerprint density at radius 1 is 1.36 bits per heavy atom. The van der Waals surface area contributed by atoms with E-state index in [-0.39, 0.29) is 30.0 Å². The number of carbonyl (C=O) groups excluding carboxylic acids is 1. The zero-order valence-corrected chi connectivity index (χ0v) is 13.0. The van der Waals surface area contributed by atoms with Crippen LogP contribution in [0.15, 0.2) is 33.4 Å². The Hall–Kier alpha value is -1.79. The van der Waals surface area contributed by atoms with E-state index in [4.69, 9.17) is 14.7 Å². The van der Waals surface area contributed by atoms with Crippen molar-refractivity contribution < 1.29 is 13.7 Å². The van der Waals surface area contributed by atoms with Crippen molar-refractivity contribution in [1.82, 2.24) is 10.5 Å². The molecular weight excluding hydrogens is 306 g/mol. The molecule has 1 amide bonds. The summed E-state index contributed by atoms with van der Waals surface area (Å²) in [7, 11) is 0. The topological polar surface area (TPSA) is 94.3 Å². The van der Waals surface area contributed by atoms with Crippen molar-refractivity contribution in [3.63, 3.8) is 0 Å². The minimum Gasteiger partial charge on any atom is -0.461 e. The molecule has 0 aromatic carbocycles. The highest BCUT2D eigenvalue weighted by molar-refractivity contribution is 5.93. The molecule has 3 rings (SSSR count). The van der Waals surface area contributed by atoms with Gasteiger partial charge in [0.2, 0.25) is 5.76 Å². The average Bonchev–Trinajstić information content (AvgIpc) is 3.18. The van der Waals surface area contributed by atoms with Crippen molar-refractivity contribution in [2.45, 2.75) is 31.7 Å². The van der Waals surface area contributed by atoms with Crippen LogP contribution in [0.5, 0.6) is 0 Å². The number of nitrogens with two attached hydrogens (primary N) is 1. The Labute approximate surface area is 134 Å². The van der Waals surface area contributed by atoms with Gasteiger partial charge in [0.25, 0.3) is 5.91 Å². The first-order valence-electron chi connectivity index (χ1n) is 7.29. The summed E-state index contributed by atoms with van der Waals surface area (Å²) in [4.78, 5) is 12.3. The summed E-state index contributed by atoms with van der Waals surface area (Å²) in [5, 5.41) is 6.83. The normalized spacial score (nSPS) is 21.1. The van der Waals surface area contributed by atoms with Crippen LogP contribution >= 0.6 is 12.4 Å². The minimum absolute atomic E-state index is 0. The molecule has 0 saturated heterocycles. The smallest absolute Gasteiger partial charge is 0.273 e. The maximum atomic E-state index is 12.3. The molecule has 120 valence electrons. The summed E-state index contributed by atoms with van der Waals surface area (Å²) in [6.45, 7) is 0.599. The summed E-state index contributed by atoms with van der Waals surface area (Å²) in [5.74, 6) is 1.13. The second-order valence-electron chi connectivity index (χ2n) is 5.41. The van der Waals surface area contributed by atoms with E-state index < -0.39 is 0 Å². The monoisotopic (exact) mass is 325 g/mol. The lowest BCUT2D eigenvalue weighted by atomic mass is 9.84. The van der Waals surface area contributed by atoms with Gasteiger partial charge in [-0.25, -0.2) is 0 Å². The number of amides is 1. The molecule has 1 aliphatic carbocycles. The summed E-state index contributed by atoms with van der Waals surface area (Å²) >= 11 is 0. The molecule has 22 heavy (non-hydrogen) atoms. The molecule has 1 saturated carbocycles. The van der Waals surface area contributed by atoms with Gasteiger partial charge in [-0.15, -0.1) is 12.4 Å². The fourth-order valence-corrected chi connectivity index (χ4v) is 2.84. The van der Waals surface area contributed by atoms with Crippen LogP contribution < -0.4 is 11.1 Å². The van der Waals surface area contributed by atoms with Crippen molar-refractivity contribution in [3.05, 3.63) is 30.2 Å². The van der Waals surface area contributed by atoms with Crippen molar-refractivity contribution in [2.24, 2.45) is 11.7 Å². The lowest BCUT2D eigenvalue weighted by molar-refractivity contribution is 0.0899. The number of halogens is 1. The van der Waals surface area contributed by atoms with Crippen LogP contribution in [-0.4, -0.2) is 23.7 Å². The van der Waals surface area contributed by atoms with Crippen LogP contribution in [0, 0.1) is 5.92 Å². The predicted octanol–water partition coefficient (Wildman–Crippen LogP) is 2.60. The van der Waals surface area contributed by atoms with Crippen LogP contribution in [0.4, 0.5) is 0 Å². The van der Waals surface area contributed by atoms with Crippen molar-refractivity contribution >= 4 is 18.3 Å².